The Morgan fingerprint density at radius 3 is 2.71 bits per heavy atom. The number of thiophene rings is 1. The lowest BCUT2D eigenvalue weighted by atomic mass is 10.1. The molecule has 3 heterocycles. The third-order valence-corrected chi connectivity index (χ3v) is 5.27. The minimum Gasteiger partial charge on any atom is -0.472 e. The minimum absolute atomic E-state index is 0.127. The standard InChI is InChI=1S/C21H18FN3O2S/c1-24-20(11-19(23-24)16-4-6-17(22)7-5-16)21(26)25(12-15-8-9-27-14-15)13-18-3-2-10-28-18/h2-11,14H,12-13H2,1H3. The summed E-state index contributed by atoms with van der Waals surface area (Å²) < 4.78 is 19.9. The van der Waals surface area contributed by atoms with Gasteiger partial charge in [0, 0.05) is 29.6 Å². The van der Waals surface area contributed by atoms with Crippen LogP contribution < -0.4 is 0 Å². The number of carbonyl (C=O) groups excluding carboxylic acids is 1. The molecule has 3 aromatic heterocycles. The zero-order valence-electron chi connectivity index (χ0n) is 15.2. The van der Waals surface area contributed by atoms with Crippen LogP contribution in [0.3, 0.4) is 0 Å². The lowest BCUT2D eigenvalue weighted by Gasteiger charge is -2.21. The van der Waals surface area contributed by atoms with Crippen molar-refractivity contribution in [3.63, 3.8) is 0 Å². The molecule has 0 unspecified atom stereocenters. The van der Waals surface area contributed by atoms with Crippen molar-refractivity contribution in [3.05, 3.63) is 88.4 Å². The van der Waals surface area contributed by atoms with Gasteiger partial charge in [-0.15, -0.1) is 11.3 Å². The maximum absolute atomic E-state index is 13.3. The second kappa shape index (κ2) is 7.82. The third kappa shape index (κ3) is 3.89. The highest BCUT2D eigenvalue weighted by Crippen LogP contribution is 2.22. The highest BCUT2D eigenvalue weighted by Gasteiger charge is 2.22. The van der Waals surface area contributed by atoms with Crippen LogP contribution in [0, 0.1) is 5.82 Å². The van der Waals surface area contributed by atoms with Crippen LogP contribution >= 0.6 is 11.3 Å². The van der Waals surface area contributed by atoms with Gasteiger partial charge in [-0.2, -0.15) is 5.10 Å². The van der Waals surface area contributed by atoms with Crippen molar-refractivity contribution >= 4 is 17.2 Å². The van der Waals surface area contributed by atoms with E-state index in [0.29, 0.717) is 24.5 Å². The molecule has 0 atom stereocenters. The van der Waals surface area contributed by atoms with E-state index >= 15 is 0 Å². The Balaban J connectivity index is 1.63. The average molecular weight is 395 g/mol. The molecule has 0 aliphatic heterocycles. The van der Waals surface area contributed by atoms with Gasteiger partial charge in [0.15, 0.2) is 0 Å². The van der Waals surface area contributed by atoms with Crippen molar-refractivity contribution in [2.75, 3.05) is 0 Å². The Kier molecular flexibility index (Phi) is 5.08. The molecule has 0 saturated carbocycles. The Morgan fingerprint density at radius 2 is 2.04 bits per heavy atom. The molecule has 0 fully saturated rings. The number of rotatable bonds is 6. The SMILES string of the molecule is Cn1nc(-c2ccc(F)cc2)cc1C(=O)N(Cc1ccoc1)Cc1cccs1. The Hall–Kier alpha value is -3.19. The van der Waals surface area contributed by atoms with E-state index in [1.54, 1.807) is 58.7 Å². The molecule has 142 valence electrons. The lowest BCUT2D eigenvalue weighted by Crippen LogP contribution is -2.31. The molecule has 1 amide bonds. The van der Waals surface area contributed by atoms with Gasteiger partial charge in [-0.1, -0.05) is 6.07 Å². The predicted octanol–water partition coefficient (Wildman–Crippen LogP) is 4.72. The quantitative estimate of drug-likeness (QED) is 0.475. The van der Waals surface area contributed by atoms with Crippen molar-refractivity contribution in [1.82, 2.24) is 14.7 Å². The van der Waals surface area contributed by atoms with Gasteiger partial charge < -0.3 is 9.32 Å². The van der Waals surface area contributed by atoms with E-state index in [1.165, 1.54) is 12.1 Å². The first kappa shape index (κ1) is 18.2. The molecule has 4 rings (SSSR count). The molecule has 7 heteroatoms. The van der Waals surface area contributed by atoms with E-state index in [9.17, 15) is 9.18 Å². The summed E-state index contributed by atoms with van der Waals surface area (Å²) in [5.41, 5.74) is 2.78. The van der Waals surface area contributed by atoms with E-state index in [4.69, 9.17) is 4.42 Å². The first-order valence-corrected chi connectivity index (χ1v) is 9.61. The molecular weight excluding hydrogens is 377 g/mol. The van der Waals surface area contributed by atoms with E-state index < -0.39 is 0 Å². The molecule has 0 saturated heterocycles. The topological polar surface area (TPSA) is 51.3 Å². The number of hydrogen-bond donors (Lipinski definition) is 0. The smallest absolute Gasteiger partial charge is 0.272 e. The van der Waals surface area contributed by atoms with Crippen LogP contribution in [0.2, 0.25) is 0 Å². The number of carbonyl (C=O) groups is 1. The van der Waals surface area contributed by atoms with Crippen LogP contribution in [0.1, 0.15) is 20.9 Å². The number of benzene rings is 1. The molecule has 0 aliphatic carbocycles. The van der Waals surface area contributed by atoms with Crippen LogP contribution in [0.5, 0.6) is 0 Å². The van der Waals surface area contributed by atoms with E-state index in [1.807, 2.05) is 23.6 Å². The fourth-order valence-corrected chi connectivity index (χ4v) is 3.70. The third-order valence-electron chi connectivity index (χ3n) is 4.41. The van der Waals surface area contributed by atoms with Crippen molar-refractivity contribution in [2.45, 2.75) is 13.1 Å². The van der Waals surface area contributed by atoms with Gasteiger partial charge in [0.05, 0.1) is 24.8 Å². The second-order valence-corrected chi connectivity index (χ2v) is 7.45. The highest BCUT2D eigenvalue weighted by molar-refractivity contribution is 7.09. The van der Waals surface area contributed by atoms with Crippen LogP contribution in [-0.2, 0) is 20.1 Å². The van der Waals surface area contributed by atoms with Gasteiger partial charge in [0.25, 0.3) is 5.91 Å². The summed E-state index contributed by atoms with van der Waals surface area (Å²) >= 11 is 1.61. The second-order valence-electron chi connectivity index (χ2n) is 6.42. The molecule has 0 spiro atoms. The molecule has 0 bridgehead atoms. The predicted molar refractivity (Wildman–Crippen MR) is 105 cm³/mol. The summed E-state index contributed by atoms with van der Waals surface area (Å²) in [5, 5.41) is 6.43. The molecule has 5 nitrogen and oxygen atoms in total. The highest BCUT2D eigenvalue weighted by atomic mass is 32.1. The van der Waals surface area contributed by atoms with Gasteiger partial charge in [0.2, 0.25) is 0 Å². The Bertz CT molecular complexity index is 1020. The first-order chi connectivity index (χ1) is 13.6. The molecule has 28 heavy (non-hydrogen) atoms. The average Bonchev–Trinajstić information content (AvgIpc) is 3.44. The fourth-order valence-electron chi connectivity index (χ4n) is 2.98. The molecular formula is C21H18FN3O2S. The van der Waals surface area contributed by atoms with E-state index in [2.05, 4.69) is 5.10 Å². The number of hydrogen-bond acceptors (Lipinski definition) is 4. The summed E-state index contributed by atoms with van der Waals surface area (Å²) in [7, 11) is 1.74. The zero-order chi connectivity index (χ0) is 19.5. The van der Waals surface area contributed by atoms with Crippen LogP contribution in [0.25, 0.3) is 11.3 Å². The summed E-state index contributed by atoms with van der Waals surface area (Å²) in [6.07, 6.45) is 3.24. The first-order valence-electron chi connectivity index (χ1n) is 8.73. The number of nitrogens with zero attached hydrogens (tertiary/aromatic N) is 3. The monoisotopic (exact) mass is 395 g/mol. The fraction of sp³-hybridized carbons (Fsp3) is 0.143. The zero-order valence-corrected chi connectivity index (χ0v) is 16.0. The van der Waals surface area contributed by atoms with Crippen LogP contribution in [0.15, 0.2) is 70.9 Å². The maximum Gasteiger partial charge on any atom is 0.272 e. The van der Waals surface area contributed by atoms with Crippen molar-refractivity contribution in [3.8, 4) is 11.3 Å². The largest absolute Gasteiger partial charge is 0.472 e. The molecule has 0 aliphatic rings. The number of aromatic nitrogens is 2. The Morgan fingerprint density at radius 1 is 1.21 bits per heavy atom. The number of amides is 1. The molecule has 1 aromatic carbocycles. The van der Waals surface area contributed by atoms with Gasteiger partial charge in [-0.25, -0.2) is 4.39 Å². The van der Waals surface area contributed by atoms with Gasteiger partial charge in [0.1, 0.15) is 11.5 Å². The van der Waals surface area contributed by atoms with Gasteiger partial charge in [-0.3, -0.25) is 9.48 Å². The van der Waals surface area contributed by atoms with Crippen molar-refractivity contribution in [1.29, 1.82) is 0 Å². The molecule has 0 N–H and O–H groups in total. The molecule has 0 radical (unpaired) electrons. The summed E-state index contributed by atoms with van der Waals surface area (Å²) in [5.74, 6) is -0.434. The lowest BCUT2D eigenvalue weighted by molar-refractivity contribution is 0.0720. The summed E-state index contributed by atoms with van der Waals surface area (Å²) in [6.45, 7) is 0.934. The number of aryl methyl sites for hydroxylation is 1. The van der Waals surface area contributed by atoms with Crippen LogP contribution in [-0.4, -0.2) is 20.6 Å². The summed E-state index contributed by atoms with van der Waals surface area (Å²) in [6, 6.07) is 13.6. The van der Waals surface area contributed by atoms with E-state index in [0.717, 1.165) is 16.0 Å². The Labute approximate surface area is 165 Å². The minimum atomic E-state index is -0.307. The van der Waals surface area contributed by atoms with Crippen LogP contribution in [0.4, 0.5) is 4.39 Å². The van der Waals surface area contributed by atoms with Crippen molar-refractivity contribution < 1.29 is 13.6 Å². The summed E-state index contributed by atoms with van der Waals surface area (Å²) in [4.78, 5) is 16.2. The normalized spacial score (nSPS) is 10.9. The van der Waals surface area contributed by atoms with Gasteiger partial charge >= 0.3 is 0 Å². The van der Waals surface area contributed by atoms with Crippen molar-refractivity contribution in [2.24, 2.45) is 7.05 Å². The number of halogens is 1. The van der Waals surface area contributed by atoms with Gasteiger partial charge in [-0.05, 0) is 47.8 Å². The molecule has 4 aromatic rings. The number of furan rings is 1. The van der Waals surface area contributed by atoms with E-state index in [-0.39, 0.29) is 11.7 Å². The maximum atomic E-state index is 13.3.